The van der Waals surface area contributed by atoms with Gasteiger partial charge in [0, 0.05) is 25.1 Å². The molecule has 2 aliphatic rings. The number of carbonyl (C=O) groups is 3. The molecule has 2 amide bonds. The Morgan fingerprint density at radius 1 is 1.41 bits per heavy atom. The van der Waals surface area contributed by atoms with Crippen LogP contribution < -0.4 is 5.32 Å². The molecule has 2 N–H and O–H groups in total. The highest BCUT2D eigenvalue weighted by Crippen LogP contribution is 2.44. The van der Waals surface area contributed by atoms with E-state index in [-0.39, 0.29) is 30.1 Å². The second-order valence-corrected chi connectivity index (χ2v) is 8.73. The van der Waals surface area contributed by atoms with Crippen LogP contribution in [-0.2, 0) is 28.0 Å². The minimum absolute atomic E-state index is 0.0660. The number of carboxylic acids is 1. The van der Waals surface area contributed by atoms with Gasteiger partial charge in [0.05, 0.1) is 0 Å². The molecule has 0 aromatic carbocycles. The molecule has 14 nitrogen and oxygen atoms in total. The fourth-order valence-corrected chi connectivity index (χ4v) is 5.78. The van der Waals surface area contributed by atoms with Crippen molar-refractivity contribution in [1.82, 2.24) is 50.6 Å². The third-order valence-corrected chi connectivity index (χ3v) is 7.56. The third kappa shape index (κ3) is 3.64. The van der Waals surface area contributed by atoms with Gasteiger partial charge in [0.1, 0.15) is 29.7 Å². The molecule has 16 heteroatoms. The Morgan fingerprint density at radius 3 is 2.90 bits per heavy atom. The van der Waals surface area contributed by atoms with Gasteiger partial charge in [-0.25, -0.2) is 9.36 Å². The molecule has 4 rings (SSSR count). The molecule has 2 fully saturated rings. The Hall–Kier alpha value is -2.75. The van der Waals surface area contributed by atoms with Crippen LogP contribution in [0.4, 0.5) is 0 Å². The van der Waals surface area contributed by atoms with Crippen LogP contribution in [0.25, 0.3) is 0 Å². The van der Waals surface area contributed by atoms with Crippen LogP contribution in [0.5, 0.6) is 0 Å². The van der Waals surface area contributed by atoms with Gasteiger partial charge in [-0.2, -0.15) is 0 Å². The number of carbonyl (C=O) groups excluding carboxylic acids is 2. The normalized spacial score (nSPS) is 26.0. The number of tetrazole rings is 2. The molecule has 0 aliphatic carbocycles. The van der Waals surface area contributed by atoms with Crippen LogP contribution in [0, 0.1) is 5.41 Å². The maximum atomic E-state index is 12.5. The average Bonchev–Trinajstić information content (AvgIpc) is 3.35. The summed E-state index contributed by atoms with van der Waals surface area (Å²) >= 11 is 2.58. The number of aliphatic carboxylic acids is 1. The van der Waals surface area contributed by atoms with Crippen LogP contribution in [0.3, 0.4) is 0 Å². The van der Waals surface area contributed by atoms with Gasteiger partial charge in [0.2, 0.25) is 17.0 Å². The van der Waals surface area contributed by atoms with Crippen LogP contribution in [0.1, 0.15) is 0 Å². The molecule has 0 saturated carbocycles. The van der Waals surface area contributed by atoms with Crippen molar-refractivity contribution in [1.29, 1.82) is 0 Å². The highest BCUT2D eigenvalue weighted by atomic mass is 32.2. The van der Waals surface area contributed by atoms with E-state index in [1.54, 1.807) is 7.05 Å². The molecule has 0 radical (unpaired) electrons. The molecule has 2 saturated heterocycles. The Labute approximate surface area is 171 Å². The summed E-state index contributed by atoms with van der Waals surface area (Å²) in [4.78, 5) is 38.2. The predicted molar refractivity (Wildman–Crippen MR) is 97.3 cm³/mol. The van der Waals surface area contributed by atoms with Crippen LogP contribution >= 0.6 is 23.5 Å². The number of aryl methyl sites for hydroxylation is 1. The van der Waals surface area contributed by atoms with E-state index >= 15 is 0 Å². The molecular weight excluding hydrogens is 424 g/mol. The molecule has 2 aromatic heterocycles. The van der Waals surface area contributed by atoms with Gasteiger partial charge >= 0.3 is 5.97 Å². The van der Waals surface area contributed by atoms with E-state index in [2.05, 4.69) is 36.4 Å². The minimum atomic E-state index is -1.13. The van der Waals surface area contributed by atoms with E-state index in [4.69, 9.17) is 0 Å². The van der Waals surface area contributed by atoms with E-state index in [1.807, 2.05) is 0 Å². The molecule has 3 atom stereocenters. The lowest BCUT2D eigenvalue weighted by atomic mass is 9.89. The van der Waals surface area contributed by atoms with Gasteiger partial charge in [-0.3, -0.25) is 14.4 Å². The van der Waals surface area contributed by atoms with Crippen molar-refractivity contribution in [3.63, 3.8) is 0 Å². The van der Waals surface area contributed by atoms with Crippen molar-refractivity contribution in [2.45, 2.75) is 23.1 Å². The number of nitrogens with zero attached hydrogens (tertiary/aromatic N) is 9. The minimum Gasteiger partial charge on any atom is -0.481 e. The van der Waals surface area contributed by atoms with Crippen LogP contribution in [-0.4, -0.2) is 97.7 Å². The van der Waals surface area contributed by atoms with Crippen molar-refractivity contribution < 1.29 is 19.5 Å². The smallest absolute Gasteiger partial charge is 0.313 e. The number of fused-ring (bicyclic) bond motifs is 1. The number of β-lactam (4-membered cyclic amide) rings is 1. The van der Waals surface area contributed by atoms with Crippen LogP contribution in [0.15, 0.2) is 11.5 Å². The molecule has 0 bridgehead atoms. The lowest BCUT2D eigenvalue weighted by Gasteiger charge is -2.53. The first kappa shape index (κ1) is 19.6. The zero-order valence-corrected chi connectivity index (χ0v) is 16.7. The summed E-state index contributed by atoms with van der Waals surface area (Å²) < 4.78 is 2.71. The first-order valence-electron chi connectivity index (χ1n) is 8.40. The molecule has 4 heterocycles. The molecule has 154 valence electrons. The van der Waals surface area contributed by atoms with Gasteiger partial charge in [-0.15, -0.1) is 22.0 Å². The largest absolute Gasteiger partial charge is 0.481 e. The van der Waals surface area contributed by atoms with E-state index in [0.29, 0.717) is 10.9 Å². The number of nitrogens with one attached hydrogen (secondary N) is 1. The van der Waals surface area contributed by atoms with Gasteiger partial charge in [0.15, 0.2) is 0 Å². The van der Waals surface area contributed by atoms with E-state index in [9.17, 15) is 19.5 Å². The Kier molecular flexibility index (Phi) is 5.12. The number of rotatable bonds is 7. The van der Waals surface area contributed by atoms with Crippen molar-refractivity contribution in [2.75, 3.05) is 18.1 Å². The highest BCUT2D eigenvalue weighted by Gasteiger charge is 2.57. The molecular formula is C13H16N10O4S2. The maximum absolute atomic E-state index is 12.5. The van der Waals surface area contributed by atoms with Crippen LogP contribution in [0.2, 0.25) is 0 Å². The van der Waals surface area contributed by atoms with E-state index in [0.717, 1.165) is 0 Å². The standard InChI is InChI=1S/C13H16N10O4S2/c1-21-12(16-18-19-21)29-5-13(11(26)27)3-23-9(25)8(10(23)28-4-13)15-7(24)2-22-6-14-17-20-22/h6,8,10H,2-5H2,1H3,(H,15,24)(H,26,27)/t8?,10-,13?/m1/s1. The first-order chi connectivity index (χ1) is 13.9. The average molecular weight is 440 g/mol. The Morgan fingerprint density at radius 2 is 2.24 bits per heavy atom. The van der Waals surface area contributed by atoms with Gasteiger partial charge in [0.25, 0.3) is 0 Å². The Balaban J connectivity index is 1.38. The SMILES string of the molecule is Cn1nnnc1SCC1(C(=O)O)CS[C@@H]2C(NC(=O)Cn3cnnn3)C(=O)N2C1. The lowest BCUT2D eigenvalue weighted by Crippen LogP contribution is -2.74. The number of thioether (sulfide) groups is 2. The van der Waals surface area contributed by atoms with Crippen molar-refractivity contribution in [2.24, 2.45) is 12.5 Å². The van der Waals surface area contributed by atoms with Gasteiger partial charge in [-0.05, 0) is 20.9 Å². The summed E-state index contributed by atoms with van der Waals surface area (Å²) in [5.41, 5.74) is -1.13. The zero-order valence-electron chi connectivity index (χ0n) is 15.1. The van der Waals surface area contributed by atoms with E-state index in [1.165, 1.54) is 44.1 Å². The van der Waals surface area contributed by atoms with Gasteiger partial charge < -0.3 is 15.3 Å². The number of hydrogen-bond acceptors (Lipinski definition) is 11. The molecule has 0 spiro atoms. The summed E-state index contributed by atoms with van der Waals surface area (Å²) in [6, 6.07) is -0.689. The second-order valence-electron chi connectivity index (χ2n) is 6.68. The number of amides is 2. The quantitative estimate of drug-likeness (QED) is 0.341. The van der Waals surface area contributed by atoms with Crippen molar-refractivity contribution in [3.8, 4) is 0 Å². The summed E-state index contributed by atoms with van der Waals surface area (Å²) in [5, 5.41) is 34.3. The monoisotopic (exact) mass is 440 g/mol. The zero-order chi connectivity index (χ0) is 20.6. The fraction of sp³-hybridized carbons (Fsp3) is 0.615. The van der Waals surface area contributed by atoms with Crippen molar-refractivity contribution >= 4 is 41.3 Å². The molecule has 2 unspecified atom stereocenters. The summed E-state index contributed by atoms with van der Waals surface area (Å²) in [7, 11) is 1.67. The van der Waals surface area contributed by atoms with E-state index < -0.39 is 23.3 Å². The number of carboxylic acid groups (broad SMARTS) is 1. The van der Waals surface area contributed by atoms with Crippen molar-refractivity contribution in [3.05, 3.63) is 6.33 Å². The number of aromatic nitrogens is 8. The lowest BCUT2D eigenvalue weighted by molar-refractivity contribution is -0.157. The Bertz CT molecular complexity index is 936. The summed E-state index contributed by atoms with van der Waals surface area (Å²) in [5.74, 6) is -1.16. The molecule has 29 heavy (non-hydrogen) atoms. The predicted octanol–water partition coefficient (Wildman–Crippen LogP) is -2.54. The summed E-state index contributed by atoms with van der Waals surface area (Å²) in [6.07, 6.45) is 1.30. The highest BCUT2D eigenvalue weighted by molar-refractivity contribution is 8.00. The summed E-state index contributed by atoms with van der Waals surface area (Å²) in [6.45, 7) is -0.0356. The second kappa shape index (κ2) is 7.58. The molecule has 2 aromatic rings. The number of hydrogen-bond donors (Lipinski definition) is 2. The first-order valence-corrected chi connectivity index (χ1v) is 10.4. The topological polar surface area (TPSA) is 174 Å². The van der Waals surface area contributed by atoms with Gasteiger partial charge in [-0.1, -0.05) is 11.8 Å². The third-order valence-electron chi connectivity index (χ3n) is 4.67. The maximum Gasteiger partial charge on any atom is 0.313 e. The fourth-order valence-electron chi connectivity index (χ4n) is 3.07. The molecule has 2 aliphatic heterocycles.